The van der Waals surface area contributed by atoms with E-state index in [1.54, 1.807) is 0 Å². The maximum absolute atomic E-state index is 11.8. The Morgan fingerprint density at radius 2 is 1.42 bits per heavy atom. The lowest BCUT2D eigenvalue weighted by Crippen LogP contribution is -2.45. The summed E-state index contributed by atoms with van der Waals surface area (Å²) in [6.07, 6.45) is 12.8. The first-order valence-corrected chi connectivity index (χ1v) is 8.39. The average molecular weight is 269 g/mol. The molecule has 0 aliphatic carbocycles. The van der Waals surface area contributed by atoms with Gasteiger partial charge in [0.05, 0.1) is 0 Å². The van der Waals surface area contributed by atoms with Crippen molar-refractivity contribution in [2.24, 2.45) is 0 Å². The van der Waals surface area contributed by atoms with E-state index in [0.29, 0.717) is 6.42 Å². The molecule has 0 aromatic carbocycles. The summed E-state index contributed by atoms with van der Waals surface area (Å²) in [6, 6.07) is 0. The van der Waals surface area contributed by atoms with Gasteiger partial charge in [-0.2, -0.15) is 0 Å². The summed E-state index contributed by atoms with van der Waals surface area (Å²) in [5, 5.41) is 3.28. The Hall–Kier alpha value is -0.530. The topological polar surface area (TPSA) is 29.1 Å². The SMILES string of the molecule is CCCCCCCC(C)(CCCC)NC(=O)CCC. The molecule has 1 unspecified atom stereocenters. The van der Waals surface area contributed by atoms with E-state index in [9.17, 15) is 4.79 Å². The van der Waals surface area contributed by atoms with E-state index in [-0.39, 0.29) is 11.4 Å². The second-order valence-electron chi connectivity index (χ2n) is 6.13. The van der Waals surface area contributed by atoms with Crippen LogP contribution in [-0.2, 0) is 4.79 Å². The molecule has 0 aromatic rings. The Morgan fingerprint density at radius 3 is 2.00 bits per heavy atom. The van der Waals surface area contributed by atoms with Gasteiger partial charge in [0.15, 0.2) is 0 Å². The highest BCUT2D eigenvalue weighted by molar-refractivity contribution is 5.76. The first-order chi connectivity index (χ1) is 9.08. The number of hydrogen-bond acceptors (Lipinski definition) is 1. The minimum atomic E-state index is 0.0223. The van der Waals surface area contributed by atoms with Crippen LogP contribution in [0.3, 0.4) is 0 Å². The molecule has 1 atom stereocenters. The van der Waals surface area contributed by atoms with Crippen molar-refractivity contribution in [3.8, 4) is 0 Å². The Morgan fingerprint density at radius 1 is 0.842 bits per heavy atom. The molecule has 0 spiro atoms. The number of amides is 1. The first kappa shape index (κ1) is 18.5. The molecule has 1 N–H and O–H groups in total. The summed E-state index contributed by atoms with van der Waals surface area (Å²) in [7, 11) is 0. The lowest BCUT2D eigenvalue weighted by molar-refractivity contribution is -0.123. The average Bonchev–Trinajstić information content (AvgIpc) is 2.36. The third-order valence-electron chi connectivity index (χ3n) is 3.83. The van der Waals surface area contributed by atoms with Crippen molar-refractivity contribution in [1.29, 1.82) is 0 Å². The predicted molar refractivity (Wildman–Crippen MR) is 84.4 cm³/mol. The first-order valence-electron chi connectivity index (χ1n) is 8.39. The van der Waals surface area contributed by atoms with Crippen molar-refractivity contribution in [1.82, 2.24) is 5.32 Å². The van der Waals surface area contributed by atoms with E-state index < -0.39 is 0 Å². The highest BCUT2D eigenvalue weighted by atomic mass is 16.1. The second kappa shape index (κ2) is 11.3. The standard InChI is InChI=1S/C17H35NO/c1-5-8-10-11-12-15-17(4,14-9-6-2)18-16(19)13-7-3/h5-15H2,1-4H3,(H,18,19). The fourth-order valence-corrected chi connectivity index (χ4v) is 2.56. The number of nitrogens with one attached hydrogen (secondary N) is 1. The van der Waals surface area contributed by atoms with Crippen LogP contribution in [0.1, 0.15) is 98.3 Å². The highest BCUT2D eigenvalue weighted by Crippen LogP contribution is 2.22. The third kappa shape index (κ3) is 9.98. The van der Waals surface area contributed by atoms with Crippen LogP contribution < -0.4 is 5.32 Å². The zero-order chi connectivity index (χ0) is 14.6. The van der Waals surface area contributed by atoms with E-state index in [1.165, 1.54) is 44.9 Å². The quantitative estimate of drug-likeness (QED) is 0.484. The summed E-state index contributed by atoms with van der Waals surface area (Å²) >= 11 is 0. The summed E-state index contributed by atoms with van der Waals surface area (Å²) < 4.78 is 0. The maximum atomic E-state index is 11.8. The van der Waals surface area contributed by atoms with E-state index in [4.69, 9.17) is 0 Å². The molecule has 0 radical (unpaired) electrons. The molecule has 2 nitrogen and oxygen atoms in total. The maximum Gasteiger partial charge on any atom is 0.220 e. The fourth-order valence-electron chi connectivity index (χ4n) is 2.56. The van der Waals surface area contributed by atoms with Gasteiger partial charge in [-0.15, -0.1) is 0 Å². The normalized spacial score (nSPS) is 14.1. The molecular weight excluding hydrogens is 234 g/mol. The number of unbranched alkanes of at least 4 members (excludes halogenated alkanes) is 5. The summed E-state index contributed by atoms with van der Waals surface area (Å²) in [6.45, 7) is 8.76. The molecule has 0 heterocycles. The van der Waals surface area contributed by atoms with Crippen LogP contribution in [0.5, 0.6) is 0 Å². The van der Waals surface area contributed by atoms with E-state index in [1.807, 2.05) is 0 Å². The predicted octanol–water partition coefficient (Wildman–Crippen LogP) is 5.21. The van der Waals surface area contributed by atoms with E-state index >= 15 is 0 Å². The van der Waals surface area contributed by atoms with E-state index in [0.717, 1.165) is 19.3 Å². The summed E-state index contributed by atoms with van der Waals surface area (Å²) in [5.74, 6) is 0.231. The largest absolute Gasteiger partial charge is 0.351 e. The Bertz CT molecular complexity index is 227. The minimum absolute atomic E-state index is 0.0223. The van der Waals surface area contributed by atoms with Crippen molar-refractivity contribution in [3.05, 3.63) is 0 Å². The third-order valence-corrected chi connectivity index (χ3v) is 3.83. The number of carbonyl (C=O) groups is 1. The molecule has 0 aliphatic heterocycles. The number of carbonyl (C=O) groups excluding carboxylic acids is 1. The molecule has 0 bridgehead atoms. The fraction of sp³-hybridized carbons (Fsp3) is 0.941. The molecule has 0 saturated carbocycles. The smallest absolute Gasteiger partial charge is 0.220 e. The lowest BCUT2D eigenvalue weighted by Gasteiger charge is -2.31. The van der Waals surface area contributed by atoms with Gasteiger partial charge in [-0.25, -0.2) is 0 Å². The van der Waals surface area contributed by atoms with Crippen LogP contribution in [0.2, 0.25) is 0 Å². The Labute approximate surface area is 120 Å². The van der Waals surface area contributed by atoms with Crippen LogP contribution in [0.15, 0.2) is 0 Å². The van der Waals surface area contributed by atoms with Gasteiger partial charge in [-0.1, -0.05) is 65.7 Å². The molecular formula is C17H35NO. The second-order valence-corrected chi connectivity index (χ2v) is 6.13. The van der Waals surface area contributed by atoms with Gasteiger partial charge >= 0.3 is 0 Å². The van der Waals surface area contributed by atoms with Crippen LogP contribution >= 0.6 is 0 Å². The minimum Gasteiger partial charge on any atom is -0.351 e. The monoisotopic (exact) mass is 269 g/mol. The van der Waals surface area contributed by atoms with Gasteiger partial charge in [0.25, 0.3) is 0 Å². The molecule has 114 valence electrons. The molecule has 1 amide bonds. The molecule has 19 heavy (non-hydrogen) atoms. The molecule has 0 aromatic heterocycles. The lowest BCUT2D eigenvalue weighted by atomic mass is 9.88. The highest BCUT2D eigenvalue weighted by Gasteiger charge is 2.24. The summed E-state index contributed by atoms with van der Waals surface area (Å²) in [5.41, 5.74) is 0.0223. The van der Waals surface area contributed by atoms with Crippen molar-refractivity contribution in [3.63, 3.8) is 0 Å². The molecule has 0 fully saturated rings. The number of hydrogen-bond donors (Lipinski definition) is 1. The van der Waals surface area contributed by atoms with Gasteiger partial charge in [-0.05, 0) is 26.2 Å². The van der Waals surface area contributed by atoms with Gasteiger partial charge in [0.2, 0.25) is 5.91 Å². The molecule has 0 saturated heterocycles. The zero-order valence-corrected chi connectivity index (χ0v) is 13.7. The van der Waals surface area contributed by atoms with Crippen LogP contribution in [0.4, 0.5) is 0 Å². The Kier molecular flexibility index (Phi) is 11.0. The van der Waals surface area contributed by atoms with E-state index in [2.05, 4.69) is 33.0 Å². The number of rotatable bonds is 12. The van der Waals surface area contributed by atoms with Gasteiger partial charge in [0, 0.05) is 12.0 Å². The van der Waals surface area contributed by atoms with Crippen molar-refractivity contribution in [2.45, 2.75) is 104 Å². The van der Waals surface area contributed by atoms with Gasteiger partial charge in [-0.3, -0.25) is 4.79 Å². The Balaban J connectivity index is 4.13. The van der Waals surface area contributed by atoms with Crippen LogP contribution in [-0.4, -0.2) is 11.4 Å². The molecule has 0 aliphatic rings. The van der Waals surface area contributed by atoms with Crippen LogP contribution in [0.25, 0.3) is 0 Å². The summed E-state index contributed by atoms with van der Waals surface area (Å²) in [4.78, 5) is 11.8. The zero-order valence-electron chi connectivity index (χ0n) is 13.7. The van der Waals surface area contributed by atoms with Crippen molar-refractivity contribution >= 4 is 5.91 Å². The van der Waals surface area contributed by atoms with Gasteiger partial charge in [0.1, 0.15) is 0 Å². The molecule has 2 heteroatoms. The molecule has 0 rings (SSSR count). The van der Waals surface area contributed by atoms with Crippen LogP contribution in [0, 0.1) is 0 Å². The van der Waals surface area contributed by atoms with Crippen molar-refractivity contribution in [2.75, 3.05) is 0 Å². The van der Waals surface area contributed by atoms with Gasteiger partial charge < -0.3 is 5.32 Å². The van der Waals surface area contributed by atoms with Crippen molar-refractivity contribution < 1.29 is 4.79 Å².